The van der Waals surface area contributed by atoms with Crippen LogP contribution in [0.25, 0.3) is 0 Å². The Kier molecular flexibility index (Phi) is 4.76. The van der Waals surface area contributed by atoms with E-state index in [1.165, 1.54) is 31.5 Å². The van der Waals surface area contributed by atoms with Gasteiger partial charge >= 0.3 is 0 Å². The Balaban J connectivity index is 1.64. The minimum absolute atomic E-state index is 0.138. The molecule has 1 heterocycles. The predicted octanol–water partition coefficient (Wildman–Crippen LogP) is 4.19. The molecule has 22 heavy (non-hydrogen) atoms. The summed E-state index contributed by atoms with van der Waals surface area (Å²) in [5.41, 5.74) is 2.52. The van der Waals surface area contributed by atoms with Gasteiger partial charge in [0.25, 0.3) is 5.91 Å². The van der Waals surface area contributed by atoms with Crippen molar-refractivity contribution in [1.29, 1.82) is 0 Å². The highest BCUT2D eigenvalue weighted by molar-refractivity contribution is 6.33. The molecule has 1 amide bonds. The molecule has 3 rings (SSSR count). The number of benzene rings is 2. The summed E-state index contributed by atoms with van der Waals surface area (Å²) in [4.78, 5) is 14.7. The lowest BCUT2D eigenvalue weighted by atomic mass is 10.1. The van der Waals surface area contributed by atoms with E-state index >= 15 is 0 Å². The van der Waals surface area contributed by atoms with Gasteiger partial charge in [0.1, 0.15) is 0 Å². The first-order valence-corrected chi connectivity index (χ1v) is 7.97. The van der Waals surface area contributed by atoms with Crippen molar-refractivity contribution in [3.63, 3.8) is 0 Å². The average molecular weight is 315 g/mol. The van der Waals surface area contributed by atoms with E-state index in [9.17, 15) is 4.79 Å². The minimum Gasteiger partial charge on any atom is -0.321 e. The van der Waals surface area contributed by atoms with E-state index in [2.05, 4.69) is 10.2 Å². The van der Waals surface area contributed by atoms with Gasteiger partial charge in [-0.05, 0) is 55.8 Å². The van der Waals surface area contributed by atoms with Gasteiger partial charge < -0.3 is 5.32 Å². The molecule has 0 bridgehead atoms. The second-order valence-corrected chi connectivity index (χ2v) is 6.02. The minimum atomic E-state index is -0.138. The van der Waals surface area contributed by atoms with Crippen LogP contribution in [0, 0.1) is 0 Å². The molecule has 0 unspecified atom stereocenters. The first-order valence-electron chi connectivity index (χ1n) is 7.59. The highest BCUT2D eigenvalue weighted by Gasteiger charge is 2.12. The van der Waals surface area contributed by atoms with Crippen molar-refractivity contribution in [2.24, 2.45) is 0 Å². The van der Waals surface area contributed by atoms with Crippen LogP contribution in [0.1, 0.15) is 28.8 Å². The Hall–Kier alpha value is -1.84. The molecule has 0 aromatic heterocycles. The summed E-state index contributed by atoms with van der Waals surface area (Å²) in [7, 11) is 0. The summed E-state index contributed by atoms with van der Waals surface area (Å²) in [6.45, 7) is 3.32. The molecule has 0 spiro atoms. The van der Waals surface area contributed by atoms with Crippen molar-refractivity contribution in [1.82, 2.24) is 4.90 Å². The maximum atomic E-state index is 12.2. The van der Waals surface area contributed by atoms with E-state index in [-0.39, 0.29) is 5.91 Å². The second kappa shape index (κ2) is 6.95. The van der Waals surface area contributed by atoms with Crippen LogP contribution in [0.4, 0.5) is 5.69 Å². The number of likely N-dealkylation sites (tertiary alicyclic amines) is 1. The molecule has 1 saturated heterocycles. The van der Waals surface area contributed by atoms with E-state index in [0.717, 1.165) is 6.54 Å². The molecular weight excluding hydrogens is 296 g/mol. The van der Waals surface area contributed by atoms with E-state index < -0.39 is 0 Å². The van der Waals surface area contributed by atoms with Gasteiger partial charge in [-0.2, -0.15) is 0 Å². The van der Waals surface area contributed by atoms with E-state index in [1.807, 2.05) is 36.4 Å². The zero-order chi connectivity index (χ0) is 15.4. The average Bonchev–Trinajstić information content (AvgIpc) is 3.03. The summed E-state index contributed by atoms with van der Waals surface area (Å²) in [6.07, 6.45) is 2.58. The van der Waals surface area contributed by atoms with Crippen LogP contribution in [-0.4, -0.2) is 23.9 Å². The first kappa shape index (κ1) is 15.1. The quantitative estimate of drug-likeness (QED) is 0.917. The number of halogens is 1. The number of para-hydroxylation sites is 1. The molecule has 0 aliphatic carbocycles. The van der Waals surface area contributed by atoms with Gasteiger partial charge in [-0.25, -0.2) is 0 Å². The number of rotatable bonds is 4. The SMILES string of the molecule is O=C(Nc1ccccc1Cl)c1ccc(CN2CCCC2)cc1. The number of nitrogens with one attached hydrogen (secondary N) is 1. The summed E-state index contributed by atoms with van der Waals surface area (Å²) in [6, 6.07) is 15.0. The number of amides is 1. The van der Waals surface area contributed by atoms with Gasteiger partial charge in [0, 0.05) is 12.1 Å². The Morgan fingerprint density at radius 1 is 1.05 bits per heavy atom. The predicted molar refractivity (Wildman–Crippen MR) is 90.4 cm³/mol. The molecule has 1 fully saturated rings. The Labute approximate surface area is 135 Å². The molecule has 2 aromatic carbocycles. The maximum Gasteiger partial charge on any atom is 0.255 e. The molecule has 0 saturated carbocycles. The van der Waals surface area contributed by atoms with Gasteiger partial charge in [0.05, 0.1) is 10.7 Å². The second-order valence-electron chi connectivity index (χ2n) is 5.61. The molecule has 0 radical (unpaired) electrons. The van der Waals surface area contributed by atoms with Crippen molar-refractivity contribution in [3.05, 3.63) is 64.7 Å². The van der Waals surface area contributed by atoms with Crippen molar-refractivity contribution >= 4 is 23.2 Å². The fourth-order valence-electron chi connectivity index (χ4n) is 2.72. The summed E-state index contributed by atoms with van der Waals surface area (Å²) in [5, 5.41) is 3.38. The molecule has 114 valence electrons. The summed E-state index contributed by atoms with van der Waals surface area (Å²) < 4.78 is 0. The highest BCUT2D eigenvalue weighted by Crippen LogP contribution is 2.21. The number of hydrogen-bond acceptors (Lipinski definition) is 2. The van der Waals surface area contributed by atoms with Crippen LogP contribution < -0.4 is 5.32 Å². The molecule has 4 heteroatoms. The Morgan fingerprint density at radius 2 is 1.73 bits per heavy atom. The number of nitrogens with zero attached hydrogens (tertiary/aromatic N) is 1. The molecule has 1 aliphatic rings. The van der Waals surface area contributed by atoms with Crippen LogP contribution in [-0.2, 0) is 6.54 Å². The molecule has 1 aliphatic heterocycles. The third-order valence-electron chi connectivity index (χ3n) is 3.94. The first-order chi connectivity index (χ1) is 10.7. The standard InChI is InChI=1S/C18H19ClN2O/c19-16-5-1-2-6-17(16)20-18(22)15-9-7-14(8-10-15)13-21-11-3-4-12-21/h1-2,5-10H,3-4,11-13H2,(H,20,22). The lowest BCUT2D eigenvalue weighted by molar-refractivity contribution is 0.102. The third kappa shape index (κ3) is 3.67. The van der Waals surface area contributed by atoms with Gasteiger partial charge in [-0.15, -0.1) is 0 Å². The summed E-state index contributed by atoms with van der Waals surface area (Å²) >= 11 is 6.06. The maximum absolute atomic E-state index is 12.2. The molecule has 3 nitrogen and oxygen atoms in total. The number of anilines is 1. The van der Waals surface area contributed by atoms with Crippen LogP contribution in [0.5, 0.6) is 0 Å². The zero-order valence-electron chi connectivity index (χ0n) is 12.4. The lowest BCUT2D eigenvalue weighted by Gasteiger charge is -2.14. The number of carbonyl (C=O) groups is 1. The van der Waals surface area contributed by atoms with Crippen LogP contribution >= 0.6 is 11.6 Å². The summed E-state index contributed by atoms with van der Waals surface area (Å²) in [5.74, 6) is -0.138. The lowest BCUT2D eigenvalue weighted by Crippen LogP contribution is -2.18. The van der Waals surface area contributed by atoms with Gasteiger partial charge in [0.15, 0.2) is 0 Å². The molecule has 1 N–H and O–H groups in total. The zero-order valence-corrected chi connectivity index (χ0v) is 13.1. The van der Waals surface area contributed by atoms with Gasteiger partial charge in [0.2, 0.25) is 0 Å². The van der Waals surface area contributed by atoms with Crippen molar-refractivity contribution < 1.29 is 4.79 Å². The van der Waals surface area contributed by atoms with Crippen molar-refractivity contribution in [3.8, 4) is 0 Å². The van der Waals surface area contributed by atoms with E-state index in [1.54, 1.807) is 12.1 Å². The third-order valence-corrected chi connectivity index (χ3v) is 4.27. The number of hydrogen-bond donors (Lipinski definition) is 1. The molecule has 2 aromatic rings. The smallest absolute Gasteiger partial charge is 0.255 e. The topological polar surface area (TPSA) is 32.3 Å². The van der Waals surface area contributed by atoms with E-state index in [0.29, 0.717) is 16.3 Å². The van der Waals surface area contributed by atoms with Crippen LogP contribution in [0.15, 0.2) is 48.5 Å². The van der Waals surface area contributed by atoms with Crippen molar-refractivity contribution in [2.75, 3.05) is 18.4 Å². The Morgan fingerprint density at radius 3 is 2.41 bits per heavy atom. The van der Waals surface area contributed by atoms with E-state index in [4.69, 9.17) is 11.6 Å². The molecular formula is C18H19ClN2O. The number of carbonyl (C=O) groups excluding carboxylic acids is 1. The van der Waals surface area contributed by atoms with Crippen LogP contribution in [0.3, 0.4) is 0 Å². The van der Waals surface area contributed by atoms with Gasteiger partial charge in [-0.1, -0.05) is 35.9 Å². The monoisotopic (exact) mass is 314 g/mol. The normalized spacial score (nSPS) is 15.0. The fraction of sp³-hybridized carbons (Fsp3) is 0.278. The Bertz CT molecular complexity index is 648. The van der Waals surface area contributed by atoms with Crippen molar-refractivity contribution in [2.45, 2.75) is 19.4 Å². The molecule has 0 atom stereocenters. The highest BCUT2D eigenvalue weighted by atomic mass is 35.5. The van der Waals surface area contributed by atoms with Gasteiger partial charge in [-0.3, -0.25) is 9.69 Å². The largest absolute Gasteiger partial charge is 0.321 e. The van der Waals surface area contributed by atoms with Crippen LogP contribution in [0.2, 0.25) is 5.02 Å². The fourth-order valence-corrected chi connectivity index (χ4v) is 2.90.